The minimum Gasteiger partial charge on any atom is -0.497 e. The van der Waals surface area contributed by atoms with Crippen molar-refractivity contribution in [3.05, 3.63) is 52.9 Å². The Morgan fingerprint density at radius 2 is 2.11 bits per heavy atom. The summed E-state index contributed by atoms with van der Waals surface area (Å²) in [5, 5.41) is 14.1. The van der Waals surface area contributed by atoms with Gasteiger partial charge in [0.1, 0.15) is 11.8 Å². The van der Waals surface area contributed by atoms with Crippen LogP contribution in [-0.2, 0) is 0 Å². The van der Waals surface area contributed by atoms with E-state index < -0.39 is 0 Å². The first-order chi connectivity index (χ1) is 8.83. The first kappa shape index (κ1) is 12.2. The van der Waals surface area contributed by atoms with Crippen LogP contribution in [0.5, 0.6) is 5.75 Å². The molecular weight excluding hydrogens is 244 g/mol. The van der Waals surface area contributed by atoms with Crippen molar-refractivity contribution in [3.63, 3.8) is 0 Å². The summed E-state index contributed by atoms with van der Waals surface area (Å²) in [5.41, 5.74) is 1.54. The third kappa shape index (κ3) is 2.90. The second-order valence-corrected chi connectivity index (χ2v) is 4.47. The van der Waals surface area contributed by atoms with Crippen molar-refractivity contribution in [1.29, 1.82) is 5.26 Å². The van der Waals surface area contributed by atoms with Crippen molar-refractivity contribution >= 4 is 22.6 Å². The summed E-state index contributed by atoms with van der Waals surface area (Å²) < 4.78 is 5.08. The van der Waals surface area contributed by atoms with Crippen LogP contribution in [-0.4, -0.2) is 7.11 Å². The third-order valence-electron chi connectivity index (χ3n) is 2.38. The quantitative estimate of drug-likeness (QED) is 0.848. The highest BCUT2D eigenvalue weighted by Crippen LogP contribution is 2.20. The van der Waals surface area contributed by atoms with Gasteiger partial charge in [-0.2, -0.15) is 5.26 Å². The van der Waals surface area contributed by atoms with Crippen LogP contribution < -0.4 is 10.1 Å². The molecule has 0 saturated heterocycles. The molecule has 1 aromatic heterocycles. The fourth-order valence-electron chi connectivity index (χ4n) is 1.43. The number of hydrogen-bond acceptors (Lipinski definition) is 4. The van der Waals surface area contributed by atoms with Gasteiger partial charge in [-0.1, -0.05) is 6.07 Å². The van der Waals surface area contributed by atoms with Gasteiger partial charge in [0.2, 0.25) is 0 Å². The largest absolute Gasteiger partial charge is 0.497 e. The van der Waals surface area contributed by atoms with Crippen molar-refractivity contribution in [3.8, 4) is 11.8 Å². The summed E-state index contributed by atoms with van der Waals surface area (Å²) in [6, 6.07) is 13.6. The number of allylic oxidation sites excluding steroid dienone is 1. The molecule has 90 valence electrons. The summed E-state index contributed by atoms with van der Waals surface area (Å²) in [6.07, 6.45) is 1.72. The number of thiophene rings is 1. The number of nitriles is 1. The zero-order valence-electron chi connectivity index (χ0n) is 9.88. The molecule has 4 heteroatoms. The average molecular weight is 256 g/mol. The molecule has 0 saturated carbocycles. The molecule has 0 spiro atoms. The minimum absolute atomic E-state index is 0.626. The van der Waals surface area contributed by atoms with E-state index in [-0.39, 0.29) is 0 Å². The van der Waals surface area contributed by atoms with Crippen LogP contribution in [0, 0.1) is 11.3 Å². The Hall–Kier alpha value is -2.25. The van der Waals surface area contributed by atoms with E-state index in [4.69, 9.17) is 10.00 Å². The summed E-state index contributed by atoms with van der Waals surface area (Å²) in [4.78, 5) is 0.957. The molecule has 0 aliphatic rings. The highest BCUT2D eigenvalue weighted by Gasteiger charge is 2.00. The summed E-state index contributed by atoms with van der Waals surface area (Å²) >= 11 is 1.55. The Morgan fingerprint density at radius 1 is 1.33 bits per heavy atom. The van der Waals surface area contributed by atoms with E-state index in [1.54, 1.807) is 24.6 Å². The maximum absolute atomic E-state index is 9.09. The Morgan fingerprint density at radius 3 is 2.67 bits per heavy atom. The molecule has 1 heterocycles. The number of nitrogens with one attached hydrogen (secondary N) is 1. The van der Waals surface area contributed by atoms with Gasteiger partial charge in [0, 0.05) is 16.8 Å². The fourth-order valence-corrected chi connectivity index (χ4v) is 2.13. The van der Waals surface area contributed by atoms with Gasteiger partial charge in [-0.15, -0.1) is 11.3 Å². The van der Waals surface area contributed by atoms with Gasteiger partial charge in [-0.05, 0) is 35.7 Å². The monoisotopic (exact) mass is 256 g/mol. The molecule has 0 bridgehead atoms. The second kappa shape index (κ2) is 5.89. The van der Waals surface area contributed by atoms with Gasteiger partial charge in [-0.3, -0.25) is 0 Å². The van der Waals surface area contributed by atoms with Crippen LogP contribution in [0.15, 0.2) is 48.0 Å². The van der Waals surface area contributed by atoms with Gasteiger partial charge < -0.3 is 10.1 Å². The average Bonchev–Trinajstić information content (AvgIpc) is 2.94. The topological polar surface area (TPSA) is 45.0 Å². The summed E-state index contributed by atoms with van der Waals surface area (Å²) in [5.74, 6) is 0.809. The molecule has 18 heavy (non-hydrogen) atoms. The first-order valence-electron chi connectivity index (χ1n) is 5.38. The van der Waals surface area contributed by atoms with E-state index in [9.17, 15) is 0 Å². The Kier molecular flexibility index (Phi) is 4.00. The lowest BCUT2D eigenvalue weighted by Gasteiger charge is -2.03. The zero-order chi connectivity index (χ0) is 12.8. The normalized spacial score (nSPS) is 10.8. The predicted molar refractivity (Wildman–Crippen MR) is 74.5 cm³/mol. The fraction of sp³-hybridized carbons (Fsp3) is 0.0714. The van der Waals surface area contributed by atoms with Crippen molar-refractivity contribution in [1.82, 2.24) is 0 Å². The molecule has 1 aromatic carbocycles. The molecule has 1 N–H and O–H groups in total. The summed E-state index contributed by atoms with van der Waals surface area (Å²) in [6.45, 7) is 0. The number of methoxy groups -OCH3 is 1. The first-order valence-corrected chi connectivity index (χ1v) is 6.26. The SMILES string of the molecule is COc1ccc(N/C=C(/C#N)c2cccs2)cc1. The lowest BCUT2D eigenvalue weighted by molar-refractivity contribution is 0.415. The molecule has 0 atom stereocenters. The lowest BCUT2D eigenvalue weighted by Crippen LogP contribution is -1.90. The zero-order valence-corrected chi connectivity index (χ0v) is 10.7. The Bertz CT molecular complexity index is 565. The molecule has 2 rings (SSSR count). The smallest absolute Gasteiger partial charge is 0.119 e. The van der Waals surface area contributed by atoms with E-state index in [0.717, 1.165) is 16.3 Å². The number of nitrogens with zero attached hydrogens (tertiary/aromatic N) is 1. The van der Waals surface area contributed by atoms with Crippen molar-refractivity contribution in [2.45, 2.75) is 0 Å². The van der Waals surface area contributed by atoms with E-state index in [1.807, 2.05) is 41.8 Å². The third-order valence-corrected chi connectivity index (χ3v) is 3.28. The predicted octanol–water partition coefficient (Wildman–Crippen LogP) is 3.73. The van der Waals surface area contributed by atoms with Gasteiger partial charge in [-0.25, -0.2) is 0 Å². The maximum Gasteiger partial charge on any atom is 0.119 e. The van der Waals surface area contributed by atoms with Crippen LogP contribution in [0.2, 0.25) is 0 Å². The Labute approximate surface area is 110 Å². The minimum atomic E-state index is 0.626. The van der Waals surface area contributed by atoms with Crippen LogP contribution in [0.25, 0.3) is 5.57 Å². The molecule has 0 aliphatic heterocycles. The Balaban J connectivity index is 2.11. The lowest BCUT2D eigenvalue weighted by atomic mass is 10.2. The number of ether oxygens (including phenoxy) is 1. The van der Waals surface area contributed by atoms with Crippen molar-refractivity contribution in [2.75, 3.05) is 12.4 Å². The van der Waals surface area contributed by atoms with Crippen LogP contribution in [0.1, 0.15) is 4.88 Å². The number of hydrogen-bond donors (Lipinski definition) is 1. The van der Waals surface area contributed by atoms with E-state index in [2.05, 4.69) is 11.4 Å². The van der Waals surface area contributed by atoms with Crippen molar-refractivity contribution < 1.29 is 4.74 Å². The molecule has 0 unspecified atom stereocenters. The maximum atomic E-state index is 9.09. The van der Waals surface area contributed by atoms with E-state index in [0.29, 0.717) is 5.57 Å². The van der Waals surface area contributed by atoms with E-state index >= 15 is 0 Å². The summed E-state index contributed by atoms with van der Waals surface area (Å²) in [7, 11) is 1.63. The second-order valence-electron chi connectivity index (χ2n) is 3.52. The van der Waals surface area contributed by atoms with Crippen LogP contribution in [0.4, 0.5) is 5.69 Å². The van der Waals surface area contributed by atoms with Gasteiger partial charge in [0.05, 0.1) is 12.7 Å². The van der Waals surface area contributed by atoms with Gasteiger partial charge >= 0.3 is 0 Å². The molecule has 2 aromatic rings. The molecule has 0 fully saturated rings. The highest BCUT2D eigenvalue weighted by atomic mass is 32.1. The molecular formula is C14H12N2OS. The number of benzene rings is 1. The van der Waals surface area contributed by atoms with E-state index in [1.165, 1.54) is 0 Å². The molecule has 0 amide bonds. The highest BCUT2D eigenvalue weighted by molar-refractivity contribution is 7.11. The van der Waals surface area contributed by atoms with Crippen LogP contribution in [0.3, 0.4) is 0 Å². The number of anilines is 1. The molecule has 0 radical (unpaired) electrons. The standard InChI is InChI=1S/C14H12N2OS/c1-17-13-6-4-12(5-7-13)16-10-11(9-15)14-3-2-8-18-14/h2-8,10,16H,1H3/b11-10-. The van der Waals surface area contributed by atoms with Crippen LogP contribution >= 0.6 is 11.3 Å². The molecule has 0 aliphatic carbocycles. The number of rotatable bonds is 4. The van der Waals surface area contributed by atoms with Crippen molar-refractivity contribution in [2.24, 2.45) is 0 Å². The van der Waals surface area contributed by atoms with Gasteiger partial charge in [0.15, 0.2) is 0 Å². The van der Waals surface area contributed by atoms with Gasteiger partial charge in [0.25, 0.3) is 0 Å². The molecule has 3 nitrogen and oxygen atoms in total.